The number of amides is 1. The second-order valence-corrected chi connectivity index (χ2v) is 5.69. The van der Waals surface area contributed by atoms with Crippen LogP contribution in [0.15, 0.2) is 24.3 Å². The highest BCUT2D eigenvalue weighted by molar-refractivity contribution is 5.79. The molecule has 0 radical (unpaired) electrons. The highest BCUT2D eigenvalue weighted by atomic mass is 16.5. The lowest BCUT2D eigenvalue weighted by Gasteiger charge is -2.31. The van der Waals surface area contributed by atoms with E-state index < -0.39 is 0 Å². The van der Waals surface area contributed by atoms with Gasteiger partial charge in [0.1, 0.15) is 5.75 Å². The van der Waals surface area contributed by atoms with E-state index in [9.17, 15) is 4.79 Å². The zero-order valence-corrected chi connectivity index (χ0v) is 12.3. The summed E-state index contributed by atoms with van der Waals surface area (Å²) in [6, 6.07) is 7.87. The molecule has 1 amide bonds. The number of piperidine rings is 1. The zero-order chi connectivity index (χ0) is 14.5. The molecule has 1 aliphatic rings. The van der Waals surface area contributed by atoms with E-state index in [1.54, 1.807) is 0 Å². The maximum Gasteiger partial charge on any atom is 0.227 e. The van der Waals surface area contributed by atoms with Gasteiger partial charge in [-0.2, -0.15) is 0 Å². The van der Waals surface area contributed by atoms with Gasteiger partial charge in [-0.05, 0) is 32.8 Å². The molecule has 110 valence electrons. The average Bonchev–Trinajstić information content (AvgIpc) is 2.40. The first-order chi connectivity index (χ1) is 9.56. The Kier molecular flexibility index (Phi) is 5.01. The summed E-state index contributed by atoms with van der Waals surface area (Å²) in [5.74, 6) is 0.942. The van der Waals surface area contributed by atoms with Gasteiger partial charge < -0.3 is 15.4 Å². The molecular weight excluding hydrogens is 252 g/mol. The van der Waals surface area contributed by atoms with Crippen LogP contribution in [0, 0.1) is 0 Å². The highest BCUT2D eigenvalue weighted by Crippen LogP contribution is 2.21. The van der Waals surface area contributed by atoms with Gasteiger partial charge in [-0.1, -0.05) is 18.2 Å². The van der Waals surface area contributed by atoms with Crippen LogP contribution in [0.25, 0.3) is 0 Å². The van der Waals surface area contributed by atoms with Crippen LogP contribution >= 0.6 is 0 Å². The van der Waals surface area contributed by atoms with E-state index >= 15 is 0 Å². The Bertz CT molecular complexity index is 460. The van der Waals surface area contributed by atoms with Gasteiger partial charge in [0.2, 0.25) is 5.91 Å². The quantitative estimate of drug-likeness (QED) is 0.914. The van der Waals surface area contributed by atoms with Crippen molar-refractivity contribution in [3.63, 3.8) is 0 Å². The Morgan fingerprint density at radius 3 is 2.90 bits per heavy atom. The molecule has 1 aromatic carbocycles. The van der Waals surface area contributed by atoms with Crippen LogP contribution in [0.4, 0.5) is 0 Å². The van der Waals surface area contributed by atoms with Gasteiger partial charge >= 0.3 is 0 Å². The lowest BCUT2D eigenvalue weighted by atomic mass is 10.0. The Morgan fingerprint density at radius 2 is 2.20 bits per heavy atom. The molecule has 0 bridgehead atoms. The molecule has 2 rings (SSSR count). The number of hydrogen-bond acceptors (Lipinski definition) is 3. The lowest BCUT2D eigenvalue weighted by molar-refractivity contribution is -0.131. The number of nitrogens with zero attached hydrogens (tertiary/aromatic N) is 1. The van der Waals surface area contributed by atoms with Gasteiger partial charge in [0.25, 0.3) is 0 Å². The molecule has 0 aromatic heterocycles. The first kappa shape index (κ1) is 14.9. The van der Waals surface area contributed by atoms with E-state index in [2.05, 4.69) is 0 Å². The molecule has 1 heterocycles. The maximum absolute atomic E-state index is 12.4. The normalized spacial score (nSPS) is 19.2. The molecule has 1 aromatic rings. The Labute approximate surface area is 120 Å². The molecule has 20 heavy (non-hydrogen) atoms. The third kappa shape index (κ3) is 3.97. The molecular formula is C16H24N2O2. The largest absolute Gasteiger partial charge is 0.491 e. The third-order valence-corrected chi connectivity index (χ3v) is 3.49. The molecule has 1 atom stereocenters. The average molecular weight is 276 g/mol. The molecule has 0 aliphatic carbocycles. The monoisotopic (exact) mass is 276 g/mol. The SMILES string of the molecule is CC(C)Oc1ccccc1CC(=O)N1CCC[C@H](N)C1. The van der Waals surface area contributed by atoms with Gasteiger partial charge in [0.05, 0.1) is 12.5 Å². The Hall–Kier alpha value is -1.55. The lowest BCUT2D eigenvalue weighted by Crippen LogP contribution is -2.46. The van der Waals surface area contributed by atoms with Gasteiger partial charge in [0.15, 0.2) is 0 Å². The first-order valence-electron chi connectivity index (χ1n) is 7.34. The highest BCUT2D eigenvalue weighted by Gasteiger charge is 2.22. The molecule has 1 fully saturated rings. The van der Waals surface area contributed by atoms with Crippen molar-refractivity contribution < 1.29 is 9.53 Å². The van der Waals surface area contributed by atoms with E-state index in [0.717, 1.165) is 30.7 Å². The maximum atomic E-state index is 12.4. The van der Waals surface area contributed by atoms with Crippen molar-refractivity contribution in [2.45, 2.75) is 45.3 Å². The van der Waals surface area contributed by atoms with E-state index in [0.29, 0.717) is 13.0 Å². The van der Waals surface area contributed by atoms with Gasteiger partial charge in [-0.25, -0.2) is 0 Å². The fraction of sp³-hybridized carbons (Fsp3) is 0.562. The van der Waals surface area contributed by atoms with Crippen LogP contribution in [0.3, 0.4) is 0 Å². The second kappa shape index (κ2) is 6.75. The summed E-state index contributed by atoms with van der Waals surface area (Å²) >= 11 is 0. The fourth-order valence-corrected chi connectivity index (χ4v) is 2.53. The van der Waals surface area contributed by atoms with Crippen LogP contribution in [-0.4, -0.2) is 36.0 Å². The van der Waals surface area contributed by atoms with Gasteiger partial charge in [-0.3, -0.25) is 4.79 Å². The predicted octanol–water partition coefficient (Wildman–Crippen LogP) is 1.97. The minimum absolute atomic E-state index is 0.106. The smallest absolute Gasteiger partial charge is 0.227 e. The second-order valence-electron chi connectivity index (χ2n) is 5.69. The first-order valence-corrected chi connectivity index (χ1v) is 7.34. The van der Waals surface area contributed by atoms with Crippen LogP contribution in [-0.2, 0) is 11.2 Å². The standard InChI is InChI=1S/C16H24N2O2/c1-12(2)20-15-8-4-3-6-13(15)10-16(19)18-9-5-7-14(17)11-18/h3-4,6,8,12,14H,5,7,9-11,17H2,1-2H3/t14-/m0/s1. The zero-order valence-electron chi connectivity index (χ0n) is 12.3. The van der Waals surface area contributed by atoms with Crippen molar-refractivity contribution in [1.82, 2.24) is 4.90 Å². The van der Waals surface area contributed by atoms with Gasteiger partial charge in [-0.15, -0.1) is 0 Å². The molecule has 0 saturated carbocycles. The van der Waals surface area contributed by atoms with Crippen molar-refractivity contribution in [3.8, 4) is 5.75 Å². The van der Waals surface area contributed by atoms with Crippen LogP contribution < -0.4 is 10.5 Å². The number of para-hydroxylation sites is 1. The fourth-order valence-electron chi connectivity index (χ4n) is 2.53. The number of carbonyl (C=O) groups is 1. The number of likely N-dealkylation sites (tertiary alicyclic amines) is 1. The van der Waals surface area contributed by atoms with Crippen molar-refractivity contribution >= 4 is 5.91 Å². The molecule has 0 unspecified atom stereocenters. The number of ether oxygens (including phenoxy) is 1. The van der Waals surface area contributed by atoms with Crippen LogP contribution in [0.5, 0.6) is 5.75 Å². The number of rotatable bonds is 4. The molecule has 2 N–H and O–H groups in total. The Morgan fingerprint density at radius 1 is 1.45 bits per heavy atom. The summed E-state index contributed by atoms with van der Waals surface area (Å²) in [6.07, 6.45) is 2.50. The van der Waals surface area contributed by atoms with E-state index in [4.69, 9.17) is 10.5 Å². The van der Waals surface area contributed by atoms with Crippen molar-refractivity contribution in [2.24, 2.45) is 5.73 Å². The van der Waals surface area contributed by atoms with E-state index in [1.165, 1.54) is 0 Å². The number of hydrogen-bond donors (Lipinski definition) is 1. The molecule has 1 saturated heterocycles. The van der Waals surface area contributed by atoms with Crippen LogP contribution in [0.2, 0.25) is 0 Å². The number of benzene rings is 1. The third-order valence-electron chi connectivity index (χ3n) is 3.49. The summed E-state index contributed by atoms with van der Waals surface area (Å²) in [4.78, 5) is 14.2. The molecule has 4 heteroatoms. The summed E-state index contributed by atoms with van der Waals surface area (Å²) in [5.41, 5.74) is 6.88. The minimum atomic E-state index is 0.106. The molecule has 4 nitrogen and oxygen atoms in total. The summed E-state index contributed by atoms with van der Waals surface area (Å²) in [7, 11) is 0. The van der Waals surface area contributed by atoms with Crippen molar-refractivity contribution in [3.05, 3.63) is 29.8 Å². The van der Waals surface area contributed by atoms with Gasteiger partial charge in [0, 0.05) is 24.7 Å². The van der Waals surface area contributed by atoms with Crippen LogP contribution in [0.1, 0.15) is 32.3 Å². The summed E-state index contributed by atoms with van der Waals surface area (Å²) in [6.45, 7) is 5.47. The molecule has 1 aliphatic heterocycles. The minimum Gasteiger partial charge on any atom is -0.491 e. The van der Waals surface area contributed by atoms with Crippen molar-refractivity contribution in [2.75, 3.05) is 13.1 Å². The van der Waals surface area contributed by atoms with E-state index in [-0.39, 0.29) is 18.1 Å². The summed E-state index contributed by atoms with van der Waals surface area (Å²) in [5, 5.41) is 0. The summed E-state index contributed by atoms with van der Waals surface area (Å²) < 4.78 is 5.76. The van der Waals surface area contributed by atoms with E-state index in [1.807, 2.05) is 43.0 Å². The Balaban J connectivity index is 2.03. The van der Waals surface area contributed by atoms with Crippen molar-refractivity contribution in [1.29, 1.82) is 0 Å². The number of nitrogens with two attached hydrogens (primary N) is 1. The molecule has 0 spiro atoms. The topological polar surface area (TPSA) is 55.6 Å². The predicted molar refractivity (Wildman–Crippen MR) is 79.7 cm³/mol. The number of carbonyl (C=O) groups excluding carboxylic acids is 1.